The van der Waals surface area contributed by atoms with E-state index in [0.29, 0.717) is 12.8 Å². The van der Waals surface area contributed by atoms with Crippen LogP contribution in [0.2, 0.25) is 0 Å². The van der Waals surface area contributed by atoms with E-state index in [1.165, 1.54) is 7.11 Å². The number of hydrogen-bond donors (Lipinski definition) is 2. The second kappa shape index (κ2) is 2.79. The maximum Gasteiger partial charge on any atom is 0.308 e. The van der Waals surface area contributed by atoms with E-state index in [1.54, 1.807) is 0 Å². The first-order valence-corrected chi connectivity index (χ1v) is 3.52. The molecule has 0 spiro atoms. The van der Waals surface area contributed by atoms with Crippen molar-refractivity contribution in [1.29, 1.82) is 0 Å². The minimum atomic E-state index is -1.03. The smallest absolute Gasteiger partial charge is 0.308 e. The Hall–Kier alpha value is -0.610. The van der Waals surface area contributed by atoms with E-state index in [1.807, 2.05) is 0 Å². The fraction of sp³-hybridized carbons (Fsp3) is 0.857. The molecule has 1 fully saturated rings. The zero-order chi connectivity index (χ0) is 8.48. The molecule has 4 nitrogen and oxygen atoms in total. The number of carbonyl (C=O) groups is 1. The van der Waals surface area contributed by atoms with Crippen LogP contribution in [0.15, 0.2) is 0 Å². The molecule has 64 valence electrons. The van der Waals surface area contributed by atoms with Gasteiger partial charge in [0, 0.05) is 0 Å². The third kappa shape index (κ3) is 1.52. The van der Waals surface area contributed by atoms with E-state index in [2.05, 4.69) is 4.74 Å². The maximum atomic E-state index is 10.8. The standard InChI is InChI=1S/C7H12O4/c1-11-6(9)5-2-7(10,3-5)4-8/h5,8,10H,2-4H2,1H3. The first-order chi connectivity index (χ1) is 5.11. The van der Waals surface area contributed by atoms with Crippen molar-refractivity contribution in [2.45, 2.75) is 18.4 Å². The molecule has 0 aliphatic heterocycles. The van der Waals surface area contributed by atoms with Gasteiger partial charge in [0.15, 0.2) is 0 Å². The number of rotatable bonds is 2. The largest absolute Gasteiger partial charge is 0.469 e. The number of ether oxygens (including phenoxy) is 1. The Labute approximate surface area is 64.8 Å². The highest BCUT2D eigenvalue weighted by atomic mass is 16.5. The monoisotopic (exact) mass is 160 g/mol. The molecule has 2 N–H and O–H groups in total. The quantitative estimate of drug-likeness (QED) is 0.524. The van der Waals surface area contributed by atoms with E-state index < -0.39 is 5.60 Å². The van der Waals surface area contributed by atoms with Gasteiger partial charge >= 0.3 is 5.97 Å². The Balaban J connectivity index is 2.34. The number of aliphatic hydroxyl groups excluding tert-OH is 1. The van der Waals surface area contributed by atoms with Crippen molar-refractivity contribution in [3.05, 3.63) is 0 Å². The highest BCUT2D eigenvalue weighted by molar-refractivity contribution is 5.73. The Bertz CT molecular complexity index is 160. The molecule has 0 radical (unpaired) electrons. The van der Waals surface area contributed by atoms with Crippen LogP contribution in [-0.2, 0) is 9.53 Å². The molecule has 4 heteroatoms. The summed E-state index contributed by atoms with van der Waals surface area (Å²) in [6, 6.07) is 0. The van der Waals surface area contributed by atoms with E-state index in [9.17, 15) is 9.90 Å². The summed E-state index contributed by atoms with van der Waals surface area (Å²) in [4.78, 5) is 10.8. The Kier molecular flexibility index (Phi) is 2.15. The highest BCUT2D eigenvalue weighted by Gasteiger charge is 2.46. The van der Waals surface area contributed by atoms with Gasteiger partial charge in [0.1, 0.15) is 0 Å². The number of methoxy groups -OCH3 is 1. The van der Waals surface area contributed by atoms with Crippen LogP contribution in [0.1, 0.15) is 12.8 Å². The van der Waals surface area contributed by atoms with Gasteiger partial charge in [-0.15, -0.1) is 0 Å². The van der Waals surface area contributed by atoms with Crippen molar-refractivity contribution in [3.8, 4) is 0 Å². The lowest BCUT2D eigenvalue weighted by atomic mass is 9.71. The van der Waals surface area contributed by atoms with Gasteiger partial charge in [-0.2, -0.15) is 0 Å². The van der Waals surface area contributed by atoms with Gasteiger partial charge < -0.3 is 14.9 Å². The highest BCUT2D eigenvalue weighted by Crippen LogP contribution is 2.37. The summed E-state index contributed by atoms with van der Waals surface area (Å²) in [6.45, 7) is -0.277. The molecule has 0 saturated heterocycles. The first-order valence-electron chi connectivity index (χ1n) is 3.52. The lowest BCUT2D eigenvalue weighted by Crippen LogP contribution is -2.49. The topological polar surface area (TPSA) is 66.8 Å². The van der Waals surface area contributed by atoms with Crippen LogP contribution < -0.4 is 0 Å². The molecular weight excluding hydrogens is 148 g/mol. The van der Waals surface area contributed by atoms with E-state index in [4.69, 9.17) is 5.11 Å². The molecule has 0 atom stereocenters. The van der Waals surface area contributed by atoms with Crippen molar-refractivity contribution < 1.29 is 19.7 Å². The van der Waals surface area contributed by atoms with Crippen LogP contribution in [0, 0.1) is 5.92 Å². The first kappa shape index (κ1) is 8.49. The van der Waals surface area contributed by atoms with E-state index >= 15 is 0 Å². The summed E-state index contributed by atoms with van der Waals surface area (Å²) < 4.78 is 4.46. The minimum Gasteiger partial charge on any atom is -0.469 e. The van der Waals surface area contributed by atoms with E-state index in [0.717, 1.165) is 0 Å². The molecule has 0 bridgehead atoms. The van der Waals surface area contributed by atoms with Gasteiger partial charge in [-0.3, -0.25) is 4.79 Å². The molecule has 0 amide bonds. The van der Waals surface area contributed by atoms with Gasteiger partial charge in [0.25, 0.3) is 0 Å². The lowest BCUT2D eigenvalue weighted by Gasteiger charge is -2.40. The van der Waals surface area contributed by atoms with Gasteiger partial charge in [0.2, 0.25) is 0 Å². The SMILES string of the molecule is COC(=O)C1CC(O)(CO)C1. The molecule has 1 aliphatic carbocycles. The maximum absolute atomic E-state index is 10.8. The van der Waals surface area contributed by atoms with Crippen molar-refractivity contribution in [3.63, 3.8) is 0 Å². The lowest BCUT2D eigenvalue weighted by molar-refractivity contribution is -0.166. The van der Waals surface area contributed by atoms with E-state index in [-0.39, 0.29) is 18.5 Å². The van der Waals surface area contributed by atoms with Gasteiger partial charge in [0.05, 0.1) is 25.2 Å². The Morgan fingerprint density at radius 2 is 2.27 bits per heavy atom. The fourth-order valence-electron chi connectivity index (χ4n) is 1.32. The molecule has 1 saturated carbocycles. The predicted molar refractivity (Wildman–Crippen MR) is 36.8 cm³/mol. The minimum absolute atomic E-state index is 0.225. The van der Waals surface area contributed by atoms with Gasteiger partial charge in [-0.1, -0.05) is 0 Å². The van der Waals surface area contributed by atoms with Crippen molar-refractivity contribution in [2.24, 2.45) is 5.92 Å². The number of esters is 1. The van der Waals surface area contributed by atoms with Gasteiger partial charge in [-0.05, 0) is 12.8 Å². The predicted octanol–water partition coefficient (Wildman–Crippen LogP) is -0.707. The second-order valence-corrected chi connectivity index (χ2v) is 3.01. The van der Waals surface area contributed by atoms with Crippen LogP contribution in [-0.4, -0.2) is 35.5 Å². The second-order valence-electron chi connectivity index (χ2n) is 3.01. The molecule has 0 aromatic heterocycles. The third-order valence-corrected chi connectivity index (χ3v) is 2.08. The molecule has 11 heavy (non-hydrogen) atoms. The molecular formula is C7H12O4. The summed E-state index contributed by atoms with van der Waals surface area (Å²) in [5.41, 5.74) is -1.03. The summed E-state index contributed by atoms with van der Waals surface area (Å²) in [5, 5.41) is 17.9. The van der Waals surface area contributed by atoms with Crippen molar-refractivity contribution in [1.82, 2.24) is 0 Å². The van der Waals surface area contributed by atoms with Crippen LogP contribution in [0.4, 0.5) is 0 Å². The van der Waals surface area contributed by atoms with Crippen LogP contribution in [0.5, 0.6) is 0 Å². The van der Waals surface area contributed by atoms with Crippen molar-refractivity contribution >= 4 is 5.97 Å². The Morgan fingerprint density at radius 1 is 1.73 bits per heavy atom. The summed E-state index contributed by atoms with van der Waals surface area (Å²) in [7, 11) is 1.32. The molecule has 0 aromatic rings. The summed E-state index contributed by atoms with van der Waals surface area (Å²) in [5.74, 6) is -0.528. The third-order valence-electron chi connectivity index (χ3n) is 2.08. The van der Waals surface area contributed by atoms with Gasteiger partial charge in [-0.25, -0.2) is 0 Å². The number of aliphatic hydroxyl groups is 2. The Morgan fingerprint density at radius 3 is 2.64 bits per heavy atom. The normalized spacial score (nSPS) is 36.1. The average Bonchev–Trinajstić information content (AvgIpc) is 1.97. The zero-order valence-corrected chi connectivity index (χ0v) is 6.41. The average molecular weight is 160 g/mol. The molecule has 0 aromatic carbocycles. The number of hydrogen-bond acceptors (Lipinski definition) is 4. The molecule has 1 aliphatic rings. The zero-order valence-electron chi connectivity index (χ0n) is 6.41. The van der Waals surface area contributed by atoms with Crippen LogP contribution >= 0.6 is 0 Å². The molecule has 1 rings (SSSR count). The summed E-state index contributed by atoms with van der Waals surface area (Å²) >= 11 is 0. The van der Waals surface area contributed by atoms with Crippen LogP contribution in [0.3, 0.4) is 0 Å². The van der Waals surface area contributed by atoms with Crippen LogP contribution in [0.25, 0.3) is 0 Å². The summed E-state index contributed by atoms with van der Waals surface area (Å²) in [6.07, 6.45) is 0.631. The number of carbonyl (C=O) groups excluding carboxylic acids is 1. The molecule has 0 unspecified atom stereocenters. The van der Waals surface area contributed by atoms with Crippen molar-refractivity contribution in [2.75, 3.05) is 13.7 Å². The fourth-order valence-corrected chi connectivity index (χ4v) is 1.32. The molecule has 0 heterocycles.